The molecule has 0 bridgehead atoms. The molecule has 0 radical (unpaired) electrons. The lowest BCUT2D eigenvalue weighted by atomic mass is 9.93. The highest BCUT2D eigenvalue weighted by Crippen LogP contribution is 2.39. The highest BCUT2D eigenvalue weighted by atomic mass is 127. The number of benzene rings is 4. The predicted octanol–water partition coefficient (Wildman–Crippen LogP) is 8.05. The first kappa shape index (κ1) is 36.4. The Bertz CT molecular complexity index is 2330. The number of halogens is 4. The summed E-state index contributed by atoms with van der Waals surface area (Å²) < 4.78 is 26.8. The Morgan fingerprint density at radius 3 is 2.42 bits per heavy atom. The fourth-order valence-electron chi connectivity index (χ4n) is 5.54. The van der Waals surface area contributed by atoms with E-state index in [-0.39, 0.29) is 24.3 Å². The van der Waals surface area contributed by atoms with E-state index in [1.165, 1.54) is 18.4 Å². The standard InChI is InChI=1S/C37H28Cl2I2N2O6S/c1-4-48-36(45)31-32(21-8-6-5-7-9-21)42-37-43(33(31)22-11-13-28(46-2)29(16-22)47-3)35(44)30(50-37)17-23-15-24(40)18-27(41)34(23)49-19-20-10-12-25(38)26(39)14-20/h5-18,33H,4,19H2,1-3H3/b30-17-/t33-/m0/s1. The van der Waals surface area contributed by atoms with Gasteiger partial charge in [-0.2, -0.15) is 0 Å². The minimum atomic E-state index is -0.885. The van der Waals surface area contributed by atoms with Crippen molar-refractivity contribution in [3.8, 4) is 17.2 Å². The number of methoxy groups -OCH3 is 2. The smallest absolute Gasteiger partial charge is 0.338 e. The summed E-state index contributed by atoms with van der Waals surface area (Å²) in [6.07, 6.45) is 1.81. The molecule has 0 amide bonds. The van der Waals surface area contributed by atoms with Crippen LogP contribution < -0.4 is 29.1 Å². The Balaban J connectivity index is 1.57. The molecule has 0 spiro atoms. The van der Waals surface area contributed by atoms with Gasteiger partial charge in [-0.1, -0.05) is 77.0 Å². The first-order valence-electron chi connectivity index (χ1n) is 15.2. The fourth-order valence-corrected chi connectivity index (χ4v) is 8.90. The zero-order chi connectivity index (χ0) is 35.5. The largest absolute Gasteiger partial charge is 0.493 e. The Labute approximate surface area is 329 Å². The molecule has 0 N–H and O–H groups in total. The van der Waals surface area contributed by atoms with Crippen LogP contribution in [0.15, 0.2) is 94.2 Å². The van der Waals surface area contributed by atoms with Gasteiger partial charge in [0.2, 0.25) is 0 Å². The van der Waals surface area contributed by atoms with Gasteiger partial charge in [0.05, 0.1) is 56.3 Å². The maximum atomic E-state index is 14.6. The van der Waals surface area contributed by atoms with Crippen LogP contribution in [0.3, 0.4) is 0 Å². The van der Waals surface area contributed by atoms with E-state index in [4.69, 9.17) is 47.1 Å². The number of carbonyl (C=O) groups excluding carboxylic acids is 1. The number of ether oxygens (including phenoxy) is 4. The maximum absolute atomic E-state index is 14.6. The summed E-state index contributed by atoms with van der Waals surface area (Å²) in [6.45, 7) is 2.12. The number of hydrogen-bond donors (Lipinski definition) is 0. The number of carbonyl (C=O) groups is 1. The maximum Gasteiger partial charge on any atom is 0.338 e. The van der Waals surface area contributed by atoms with Gasteiger partial charge >= 0.3 is 5.97 Å². The van der Waals surface area contributed by atoms with Gasteiger partial charge in [-0.15, -0.1) is 0 Å². The van der Waals surface area contributed by atoms with Gasteiger partial charge in [-0.05, 0) is 106 Å². The fraction of sp³-hybridized carbons (Fsp3) is 0.162. The van der Waals surface area contributed by atoms with Gasteiger partial charge in [0.25, 0.3) is 5.56 Å². The van der Waals surface area contributed by atoms with Crippen molar-refractivity contribution in [3.63, 3.8) is 0 Å². The molecule has 2 heterocycles. The minimum absolute atomic E-state index is 0.143. The number of rotatable bonds is 10. The van der Waals surface area contributed by atoms with Crippen LogP contribution in [0.2, 0.25) is 10.0 Å². The Morgan fingerprint density at radius 1 is 0.960 bits per heavy atom. The van der Waals surface area contributed by atoms with Crippen LogP contribution in [0.5, 0.6) is 17.2 Å². The molecule has 8 nitrogen and oxygen atoms in total. The molecule has 0 unspecified atom stereocenters. The molecule has 5 aromatic rings. The van der Waals surface area contributed by atoms with Gasteiger partial charge in [-0.3, -0.25) is 9.36 Å². The molecular weight excluding hydrogens is 925 g/mol. The highest BCUT2D eigenvalue weighted by Gasteiger charge is 2.35. The molecule has 1 atom stereocenters. The lowest BCUT2D eigenvalue weighted by Gasteiger charge is -2.26. The number of thiazole rings is 1. The third-order valence-corrected chi connectivity index (χ3v) is 10.9. The third-order valence-electron chi connectivity index (χ3n) is 7.79. The van der Waals surface area contributed by atoms with E-state index in [1.807, 2.05) is 54.6 Å². The second-order valence-corrected chi connectivity index (χ2v) is 15.1. The molecule has 4 aromatic carbocycles. The van der Waals surface area contributed by atoms with Gasteiger partial charge < -0.3 is 18.9 Å². The molecule has 50 heavy (non-hydrogen) atoms. The number of hydrogen-bond acceptors (Lipinski definition) is 8. The van der Waals surface area contributed by atoms with Crippen molar-refractivity contribution in [2.45, 2.75) is 19.6 Å². The molecule has 0 saturated carbocycles. The summed E-state index contributed by atoms with van der Waals surface area (Å²) in [5.74, 6) is 0.993. The van der Waals surface area contributed by atoms with Crippen LogP contribution in [0.4, 0.5) is 0 Å². The second kappa shape index (κ2) is 15.9. The number of nitrogens with zero attached hydrogens (tertiary/aromatic N) is 2. The summed E-state index contributed by atoms with van der Waals surface area (Å²) in [5.41, 5.74) is 3.22. The molecule has 6 rings (SSSR count). The summed E-state index contributed by atoms with van der Waals surface area (Å²) in [4.78, 5) is 33.8. The van der Waals surface area contributed by atoms with E-state index >= 15 is 0 Å². The number of aromatic nitrogens is 1. The quantitative estimate of drug-likeness (QED) is 0.104. The van der Waals surface area contributed by atoms with Crippen LogP contribution in [0.1, 0.15) is 35.2 Å². The van der Waals surface area contributed by atoms with E-state index in [1.54, 1.807) is 48.9 Å². The van der Waals surface area contributed by atoms with E-state index in [0.29, 0.717) is 59.0 Å². The lowest BCUT2D eigenvalue weighted by molar-refractivity contribution is -0.138. The van der Waals surface area contributed by atoms with E-state index in [2.05, 4.69) is 45.2 Å². The van der Waals surface area contributed by atoms with Crippen molar-refractivity contribution in [2.75, 3.05) is 20.8 Å². The first-order valence-corrected chi connectivity index (χ1v) is 18.9. The Kier molecular flexibility index (Phi) is 11.6. The average Bonchev–Trinajstić information content (AvgIpc) is 3.42. The summed E-state index contributed by atoms with van der Waals surface area (Å²) in [6, 6.07) is 23.1. The molecule has 1 aliphatic heterocycles. The van der Waals surface area contributed by atoms with Gasteiger partial charge in [0, 0.05) is 14.7 Å². The highest BCUT2D eigenvalue weighted by molar-refractivity contribution is 14.1. The third kappa shape index (κ3) is 7.47. The molecule has 0 fully saturated rings. The summed E-state index contributed by atoms with van der Waals surface area (Å²) in [5, 5.41) is 0.899. The van der Waals surface area contributed by atoms with Gasteiger partial charge in [0.15, 0.2) is 16.3 Å². The average molecular weight is 953 g/mol. The van der Waals surface area contributed by atoms with Crippen LogP contribution in [0, 0.1) is 7.14 Å². The number of fused-ring (bicyclic) bond motifs is 1. The van der Waals surface area contributed by atoms with Gasteiger partial charge in [-0.25, -0.2) is 9.79 Å². The Morgan fingerprint density at radius 2 is 1.72 bits per heavy atom. The van der Waals surface area contributed by atoms with Crippen molar-refractivity contribution in [3.05, 3.63) is 144 Å². The molecule has 0 aliphatic carbocycles. The van der Waals surface area contributed by atoms with Crippen molar-refractivity contribution in [1.82, 2.24) is 4.57 Å². The van der Waals surface area contributed by atoms with Crippen LogP contribution in [0.25, 0.3) is 11.8 Å². The first-order chi connectivity index (χ1) is 24.1. The molecule has 13 heteroatoms. The van der Waals surface area contributed by atoms with Crippen molar-refractivity contribution < 1.29 is 23.7 Å². The lowest BCUT2D eigenvalue weighted by Crippen LogP contribution is -2.40. The zero-order valence-electron chi connectivity index (χ0n) is 26.8. The minimum Gasteiger partial charge on any atom is -0.493 e. The number of esters is 1. The molecule has 1 aromatic heterocycles. The van der Waals surface area contributed by atoms with Crippen molar-refractivity contribution >= 4 is 97.5 Å². The molecule has 1 aliphatic rings. The van der Waals surface area contributed by atoms with E-state index in [0.717, 1.165) is 12.7 Å². The van der Waals surface area contributed by atoms with E-state index in [9.17, 15) is 9.59 Å². The molecular formula is C37H28Cl2I2N2O6S. The summed E-state index contributed by atoms with van der Waals surface area (Å²) in [7, 11) is 3.08. The Hall–Kier alpha value is -3.37. The van der Waals surface area contributed by atoms with Crippen LogP contribution in [-0.2, 0) is 16.1 Å². The van der Waals surface area contributed by atoms with Gasteiger partial charge in [0.1, 0.15) is 12.4 Å². The van der Waals surface area contributed by atoms with Crippen LogP contribution >= 0.6 is 79.7 Å². The van der Waals surface area contributed by atoms with Crippen LogP contribution in [-0.4, -0.2) is 31.4 Å². The molecule has 256 valence electrons. The molecule has 0 saturated heterocycles. The normalized spacial score (nSPS) is 14.2. The monoisotopic (exact) mass is 952 g/mol. The van der Waals surface area contributed by atoms with E-state index < -0.39 is 12.0 Å². The second-order valence-electron chi connectivity index (χ2n) is 10.9. The predicted molar refractivity (Wildman–Crippen MR) is 213 cm³/mol. The topological polar surface area (TPSA) is 88.4 Å². The van der Waals surface area contributed by atoms with Crippen molar-refractivity contribution in [1.29, 1.82) is 0 Å². The van der Waals surface area contributed by atoms with Crippen molar-refractivity contribution in [2.24, 2.45) is 4.99 Å². The summed E-state index contributed by atoms with van der Waals surface area (Å²) >= 11 is 18.1. The SMILES string of the molecule is CCOC(=O)C1=C(c2ccccc2)N=c2s/c(=C\c3cc(I)cc(I)c3OCc3ccc(Cl)c(Cl)c3)c(=O)n2[C@H]1c1ccc(OC)c(OC)c1. The zero-order valence-corrected chi connectivity index (χ0v) is 33.5.